The van der Waals surface area contributed by atoms with Crippen LogP contribution < -0.4 is 10.6 Å². The van der Waals surface area contributed by atoms with E-state index in [9.17, 15) is 0 Å². The van der Waals surface area contributed by atoms with Crippen LogP contribution in [0.4, 0.5) is 0 Å². The molecule has 0 bridgehead atoms. The molecule has 0 spiro atoms. The highest BCUT2D eigenvalue weighted by Crippen LogP contribution is 2.26. The molecule has 0 amide bonds. The summed E-state index contributed by atoms with van der Waals surface area (Å²) < 4.78 is 7.74. The maximum atomic E-state index is 5.54. The summed E-state index contributed by atoms with van der Waals surface area (Å²) >= 11 is 1.81. The molecule has 1 unspecified atom stereocenters. The number of thiophene rings is 1. The lowest BCUT2D eigenvalue weighted by atomic mass is 10.2. The highest BCUT2D eigenvalue weighted by Gasteiger charge is 2.23. The van der Waals surface area contributed by atoms with E-state index in [0.29, 0.717) is 6.04 Å². The molecule has 2 N–H and O–H groups in total. The molecule has 2 aromatic heterocycles. The fraction of sp³-hybridized carbons (Fsp3) is 0.619. The summed E-state index contributed by atoms with van der Waals surface area (Å²) in [5, 5.41) is 9.03. The van der Waals surface area contributed by atoms with Crippen molar-refractivity contribution in [3.63, 3.8) is 0 Å². The predicted molar refractivity (Wildman–Crippen MR) is 120 cm³/mol. The number of nitrogens with one attached hydrogen (secondary N) is 2. The normalized spacial score (nSPS) is 16.7. The number of aryl methyl sites for hydroxylation is 2. The molecule has 0 aliphatic carbocycles. The lowest BCUT2D eigenvalue weighted by Crippen LogP contribution is -2.41. The van der Waals surface area contributed by atoms with E-state index in [-0.39, 0.29) is 0 Å². The van der Waals surface area contributed by atoms with Crippen LogP contribution in [0.15, 0.2) is 34.9 Å². The summed E-state index contributed by atoms with van der Waals surface area (Å²) in [6.45, 7) is 11.3. The van der Waals surface area contributed by atoms with Crippen LogP contribution in [-0.2, 0) is 11.3 Å². The Morgan fingerprint density at radius 2 is 2.17 bits per heavy atom. The van der Waals surface area contributed by atoms with Gasteiger partial charge in [-0.2, -0.15) is 0 Å². The first-order chi connectivity index (χ1) is 14.3. The third-order valence-electron chi connectivity index (χ3n) is 5.17. The zero-order chi connectivity index (χ0) is 20.3. The molecule has 2 aromatic rings. The van der Waals surface area contributed by atoms with Gasteiger partial charge < -0.3 is 19.9 Å². The molecule has 0 aromatic carbocycles. The molecule has 160 valence electrons. The number of aromatic nitrogens is 2. The van der Waals surface area contributed by atoms with Gasteiger partial charge in [-0.05, 0) is 38.1 Å². The van der Waals surface area contributed by atoms with Gasteiger partial charge in [0.1, 0.15) is 5.82 Å². The molecule has 1 saturated heterocycles. The maximum Gasteiger partial charge on any atom is 0.191 e. The summed E-state index contributed by atoms with van der Waals surface area (Å²) in [6.07, 6.45) is 6.13. The van der Waals surface area contributed by atoms with E-state index in [2.05, 4.69) is 49.5 Å². The third-order valence-corrected chi connectivity index (χ3v) is 6.14. The second-order valence-corrected chi connectivity index (χ2v) is 8.18. The third kappa shape index (κ3) is 6.83. The van der Waals surface area contributed by atoms with E-state index < -0.39 is 0 Å². The van der Waals surface area contributed by atoms with Crippen LogP contribution in [0, 0.1) is 6.92 Å². The summed E-state index contributed by atoms with van der Waals surface area (Å²) in [5.74, 6) is 1.98. The lowest BCUT2D eigenvalue weighted by molar-refractivity contribution is 0.0186. The van der Waals surface area contributed by atoms with Crippen molar-refractivity contribution < 1.29 is 4.74 Å². The van der Waals surface area contributed by atoms with E-state index in [1.165, 1.54) is 4.88 Å². The Kier molecular flexibility index (Phi) is 8.98. The smallest absolute Gasteiger partial charge is 0.191 e. The second-order valence-electron chi connectivity index (χ2n) is 7.20. The van der Waals surface area contributed by atoms with Crippen molar-refractivity contribution in [2.45, 2.75) is 39.3 Å². The Hall–Kier alpha value is -1.90. The van der Waals surface area contributed by atoms with E-state index in [4.69, 9.17) is 9.73 Å². The molecule has 1 aliphatic heterocycles. The monoisotopic (exact) mass is 418 g/mol. The zero-order valence-electron chi connectivity index (χ0n) is 17.6. The van der Waals surface area contributed by atoms with Gasteiger partial charge in [0, 0.05) is 50.0 Å². The number of morpholine rings is 1. The largest absolute Gasteiger partial charge is 0.379 e. The van der Waals surface area contributed by atoms with Crippen molar-refractivity contribution >= 4 is 17.3 Å². The number of rotatable bonds is 10. The fourth-order valence-corrected chi connectivity index (χ4v) is 4.38. The molecule has 7 nitrogen and oxygen atoms in total. The Morgan fingerprint density at radius 3 is 2.86 bits per heavy atom. The van der Waals surface area contributed by atoms with Crippen LogP contribution in [0.1, 0.15) is 36.5 Å². The average Bonchev–Trinajstić information content (AvgIpc) is 3.41. The van der Waals surface area contributed by atoms with Gasteiger partial charge in [-0.25, -0.2) is 4.98 Å². The minimum Gasteiger partial charge on any atom is -0.379 e. The summed E-state index contributed by atoms with van der Waals surface area (Å²) in [5.41, 5.74) is 0. The quantitative estimate of drug-likeness (QED) is 0.353. The van der Waals surface area contributed by atoms with Crippen molar-refractivity contribution in [2.75, 3.05) is 45.9 Å². The van der Waals surface area contributed by atoms with Crippen molar-refractivity contribution in [2.24, 2.45) is 4.99 Å². The molecule has 3 heterocycles. The highest BCUT2D eigenvalue weighted by atomic mass is 32.1. The standard InChI is InChI=1S/C21H34N6OS/c1-3-22-21(24-8-4-5-10-26-11-9-23-18(26)2)25-17-19(20-7-6-16-29-20)27-12-14-28-15-13-27/h6-7,9,11,16,19H,3-5,8,10,12-15,17H2,1-2H3,(H2,22,24,25). The molecule has 1 fully saturated rings. The SMILES string of the molecule is CCNC(=NCC(c1cccs1)N1CCOCC1)NCCCCn1ccnc1C. The van der Waals surface area contributed by atoms with Crippen LogP contribution in [0.3, 0.4) is 0 Å². The number of unbranched alkanes of at least 4 members (excludes halogenated alkanes) is 1. The van der Waals surface area contributed by atoms with Gasteiger partial charge in [-0.1, -0.05) is 6.07 Å². The number of guanidine groups is 1. The van der Waals surface area contributed by atoms with E-state index in [1.807, 2.05) is 30.7 Å². The summed E-state index contributed by atoms with van der Waals surface area (Å²) in [6, 6.07) is 4.67. The van der Waals surface area contributed by atoms with Crippen molar-refractivity contribution in [3.05, 3.63) is 40.6 Å². The molecule has 8 heteroatoms. The van der Waals surface area contributed by atoms with E-state index in [1.54, 1.807) is 0 Å². The van der Waals surface area contributed by atoms with Crippen molar-refractivity contribution in [1.29, 1.82) is 0 Å². The van der Waals surface area contributed by atoms with Crippen LogP contribution in [0.25, 0.3) is 0 Å². The fourth-order valence-electron chi connectivity index (χ4n) is 3.53. The topological polar surface area (TPSA) is 66.7 Å². The Morgan fingerprint density at radius 1 is 1.31 bits per heavy atom. The minimum absolute atomic E-state index is 0.318. The van der Waals surface area contributed by atoms with Crippen molar-refractivity contribution in [1.82, 2.24) is 25.1 Å². The summed E-state index contributed by atoms with van der Waals surface area (Å²) in [7, 11) is 0. The Bertz CT molecular complexity index is 723. The number of aliphatic imine (C=N–C) groups is 1. The number of hydrogen-bond acceptors (Lipinski definition) is 5. The first-order valence-corrected chi connectivity index (χ1v) is 11.5. The lowest BCUT2D eigenvalue weighted by Gasteiger charge is -2.33. The highest BCUT2D eigenvalue weighted by molar-refractivity contribution is 7.10. The van der Waals surface area contributed by atoms with Crippen molar-refractivity contribution in [3.8, 4) is 0 Å². The first-order valence-electron chi connectivity index (χ1n) is 10.6. The molecular formula is C21H34N6OS. The molecule has 0 radical (unpaired) electrons. The van der Waals surface area contributed by atoms with Gasteiger partial charge in [-0.15, -0.1) is 11.3 Å². The van der Waals surface area contributed by atoms with Gasteiger partial charge in [0.05, 0.1) is 25.8 Å². The number of hydrogen-bond donors (Lipinski definition) is 2. The molecular weight excluding hydrogens is 384 g/mol. The summed E-state index contributed by atoms with van der Waals surface area (Å²) in [4.78, 5) is 13.1. The predicted octanol–water partition coefficient (Wildman–Crippen LogP) is 2.66. The van der Waals surface area contributed by atoms with Crippen LogP contribution in [0.5, 0.6) is 0 Å². The van der Waals surface area contributed by atoms with Crippen LogP contribution in [0.2, 0.25) is 0 Å². The van der Waals surface area contributed by atoms with Gasteiger partial charge in [0.15, 0.2) is 5.96 Å². The second kappa shape index (κ2) is 11.9. The average molecular weight is 419 g/mol. The van der Waals surface area contributed by atoms with Crippen LogP contribution in [-0.4, -0.2) is 66.3 Å². The Balaban J connectivity index is 1.50. The molecule has 1 aliphatic rings. The van der Waals surface area contributed by atoms with Gasteiger partial charge in [0.2, 0.25) is 0 Å². The maximum absolute atomic E-state index is 5.54. The number of ether oxygens (including phenoxy) is 1. The molecule has 3 rings (SSSR count). The van der Waals surface area contributed by atoms with Crippen LogP contribution >= 0.6 is 11.3 Å². The number of nitrogens with zero attached hydrogens (tertiary/aromatic N) is 4. The zero-order valence-corrected chi connectivity index (χ0v) is 18.5. The molecule has 0 saturated carbocycles. The molecule has 29 heavy (non-hydrogen) atoms. The van der Waals surface area contributed by atoms with E-state index >= 15 is 0 Å². The first kappa shape index (κ1) is 21.8. The number of imidazole rings is 1. The van der Waals surface area contributed by atoms with E-state index in [0.717, 1.165) is 77.1 Å². The van der Waals surface area contributed by atoms with Gasteiger partial charge in [0.25, 0.3) is 0 Å². The van der Waals surface area contributed by atoms with Gasteiger partial charge >= 0.3 is 0 Å². The Labute approximate surface area is 178 Å². The van der Waals surface area contributed by atoms with Gasteiger partial charge in [-0.3, -0.25) is 9.89 Å². The molecule has 1 atom stereocenters. The minimum atomic E-state index is 0.318.